The van der Waals surface area contributed by atoms with Gasteiger partial charge in [0.2, 0.25) is 23.6 Å². The van der Waals surface area contributed by atoms with E-state index in [1.165, 1.54) is 39.4 Å². The molecule has 142 heavy (non-hydrogen) atoms. The maximum absolute atomic E-state index is 11.8. The summed E-state index contributed by atoms with van der Waals surface area (Å²) in [5, 5.41) is 32.2. The number of ketones is 2. The number of amides is 8. The second-order valence-electron chi connectivity index (χ2n) is 27.9. The van der Waals surface area contributed by atoms with E-state index in [1.54, 1.807) is 114 Å². The van der Waals surface area contributed by atoms with Crippen molar-refractivity contribution in [2.75, 3.05) is 213 Å². The summed E-state index contributed by atoms with van der Waals surface area (Å²) in [7, 11) is 20.8. The number of nitrogens with one attached hydrogen (secondary N) is 4. The molecule has 2 fully saturated rings. The first-order valence-electron chi connectivity index (χ1n) is 46.3. The second kappa shape index (κ2) is 104. The molecule has 0 radical (unpaired) electrons. The smallest absolute Gasteiger partial charge is 0.335 e. The standard InChI is InChI=1S/C19H25N3O7S2.C18H28N2O4S2.C16H24N2O5S2.C15H29NO4S2.C12H12N2O4S2.C8H17NO4.C2H6S.CH5N/c23-15(7-14-30-31-16-3-1-2-8-21-16)20-9-11-28-13-12-27-10-6-19(26)29-22-17(24)4-5-18(22)25;1-19-17(22)7-5-12-24-14-13-23-11-4-6-16(21)9-15-25-26-18-8-2-3-10-20-18;19-14(6-13-24-25-15-4-1-2-7-18-15)17-8-10-23-12-11-22-9-3-5-16(20)21;1-3-21-22-13-8-14(17)6-4-9-19-11-12-20-10-5-7-15(18)16-2;15-10-4-5-11(16)14(10)18-12(17)6-8-19-20-9-3-1-2-7-13-9;9-3-5-13-7-6-12-4-1-2-8(10)11;1-2-3;1-2/h1-3,8H,4-7,9-14H2,(H,20,23);2-3,8,10H,4-7,9,11-15H2,1H3,(H,19,22);1-2,4,7H,3,5-6,8-13H2,(H,17,19)(H,20,21);3-13H2,1-2H3,(H,16,18);1-3,7H,4-6,8H2;1-7,9H2,(H,10,11);3H,2H2,1H3;2H2,1H3. The number of carbonyl (C=O) groups is 14. The number of carbonyl (C=O) groups excluding carboxylic acids is 12. The number of pyridine rings is 4. The highest BCUT2D eigenvalue weighted by atomic mass is 33.1. The number of ether oxygens (including phenoxy) is 10. The van der Waals surface area contributed by atoms with Crippen LogP contribution in [0, 0.1) is 0 Å². The molecule has 2 aliphatic rings. The van der Waals surface area contributed by atoms with Crippen molar-refractivity contribution in [3.63, 3.8) is 0 Å². The largest absolute Gasteiger partial charge is 0.481 e. The fourth-order valence-corrected chi connectivity index (χ4v) is 18.8. The Labute approximate surface area is 879 Å². The van der Waals surface area contributed by atoms with Crippen LogP contribution in [-0.2, 0) is 124 Å². The van der Waals surface area contributed by atoms with Crippen LogP contribution < -0.4 is 32.7 Å². The average Bonchev–Trinajstić information content (AvgIpc) is 1.74. The number of rotatable bonds is 77. The van der Waals surface area contributed by atoms with Gasteiger partial charge in [0, 0.05) is 223 Å². The van der Waals surface area contributed by atoms with Crippen molar-refractivity contribution in [2.24, 2.45) is 11.5 Å². The summed E-state index contributed by atoms with van der Waals surface area (Å²) in [4.78, 5) is 183. The Morgan fingerprint density at radius 3 is 0.915 bits per heavy atom. The van der Waals surface area contributed by atoms with E-state index in [9.17, 15) is 67.1 Å². The molecule has 0 aromatic carbocycles. The third kappa shape index (κ3) is 93.2. The molecule has 51 heteroatoms. The maximum Gasteiger partial charge on any atom is 0.335 e. The average molecular weight is 2210 g/mol. The van der Waals surface area contributed by atoms with Gasteiger partial charge in [-0.05, 0) is 143 Å². The van der Waals surface area contributed by atoms with E-state index in [0.717, 1.165) is 68.1 Å². The summed E-state index contributed by atoms with van der Waals surface area (Å²) >= 11 is 3.79. The fourth-order valence-electron chi connectivity index (χ4n) is 9.57. The number of hydroxylamine groups is 4. The van der Waals surface area contributed by atoms with Crippen molar-refractivity contribution in [1.29, 1.82) is 0 Å². The molecule has 8 amide bonds. The van der Waals surface area contributed by atoms with Gasteiger partial charge < -0.3 is 100.0 Å². The first-order chi connectivity index (χ1) is 69.0. The minimum absolute atomic E-state index is 0.00245. The fraction of sp³-hybridized carbons (Fsp3) is 0.626. The summed E-state index contributed by atoms with van der Waals surface area (Å²) in [6.45, 7) is 14.7. The van der Waals surface area contributed by atoms with Crippen molar-refractivity contribution < 1.29 is 134 Å². The lowest BCUT2D eigenvalue weighted by molar-refractivity contribution is -0.198. The summed E-state index contributed by atoms with van der Waals surface area (Å²) < 4.78 is 52.9. The van der Waals surface area contributed by atoms with Gasteiger partial charge in [0.05, 0.1) is 105 Å². The van der Waals surface area contributed by atoms with Gasteiger partial charge in [-0.1, -0.05) is 103 Å². The number of aliphatic carboxylic acids is 2. The zero-order chi connectivity index (χ0) is 105. The Morgan fingerprint density at radius 1 is 0.345 bits per heavy atom. The Kier molecular flexibility index (Phi) is 101. The lowest BCUT2D eigenvalue weighted by Crippen LogP contribution is -2.32. The molecule has 10 N–H and O–H groups in total. The molecule has 0 unspecified atom stereocenters. The van der Waals surface area contributed by atoms with Crippen LogP contribution >= 0.6 is 121 Å². The molecule has 6 rings (SSSR count). The molecule has 804 valence electrons. The van der Waals surface area contributed by atoms with Crippen LogP contribution in [0.1, 0.15) is 155 Å². The first-order valence-corrected chi connectivity index (χ1v) is 58.7. The van der Waals surface area contributed by atoms with Gasteiger partial charge in [0.1, 0.15) is 31.7 Å². The number of nitrogens with zero attached hydrogens (tertiary/aromatic N) is 6. The molecule has 6 heterocycles. The third-order valence-electron chi connectivity index (χ3n) is 16.4. The molecule has 0 bridgehead atoms. The van der Waals surface area contributed by atoms with E-state index in [4.69, 9.17) is 73.0 Å². The number of thiol groups is 1. The molecule has 4 aromatic heterocycles. The van der Waals surface area contributed by atoms with Crippen molar-refractivity contribution in [3.05, 3.63) is 97.6 Å². The molecule has 2 aliphatic heterocycles. The van der Waals surface area contributed by atoms with Crippen LogP contribution in [0.15, 0.2) is 118 Å². The molecule has 0 saturated carbocycles. The second-order valence-corrected chi connectivity index (χ2v) is 41.1. The van der Waals surface area contributed by atoms with Crippen LogP contribution in [0.2, 0.25) is 0 Å². The van der Waals surface area contributed by atoms with Crippen molar-refractivity contribution in [3.8, 4) is 0 Å². The monoisotopic (exact) mass is 2210 g/mol. The van der Waals surface area contributed by atoms with Crippen LogP contribution in [0.4, 0.5) is 0 Å². The normalized spacial score (nSPS) is 11.6. The van der Waals surface area contributed by atoms with Gasteiger partial charge in [-0.15, -0.1) is 10.1 Å². The Hall–Kier alpha value is -6.65. The zero-order valence-corrected chi connectivity index (χ0v) is 90.9. The minimum atomic E-state index is -0.815. The number of hydrogen-bond donors (Lipinski definition) is 9. The highest BCUT2D eigenvalue weighted by molar-refractivity contribution is 8.77. The van der Waals surface area contributed by atoms with Gasteiger partial charge in [-0.2, -0.15) is 12.6 Å². The van der Waals surface area contributed by atoms with E-state index < -0.39 is 47.5 Å². The summed E-state index contributed by atoms with van der Waals surface area (Å²) in [5.74, 6) is 1.43. The lowest BCUT2D eigenvalue weighted by atomic mass is 10.2. The molecular weight excluding hydrogens is 2060 g/mol. The van der Waals surface area contributed by atoms with Gasteiger partial charge in [0.15, 0.2) is 0 Å². The maximum atomic E-state index is 11.8. The summed E-state index contributed by atoms with van der Waals surface area (Å²) in [5.41, 5.74) is 9.69. The number of carboxylic acids is 2. The molecule has 0 aliphatic carbocycles. The molecule has 0 spiro atoms. The van der Waals surface area contributed by atoms with E-state index in [2.05, 4.69) is 66.5 Å². The number of Topliss-reactive ketones (excluding diaryl/α,β-unsaturated/α-hetero) is 2. The topological polar surface area (TPSA) is 548 Å². The quantitative estimate of drug-likeness (QED) is 0.00858. The number of imide groups is 2. The number of nitrogens with two attached hydrogens (primary N) is 2. The third-order valence-corrected chi connectivity index (χ3v) is 27.9. The Balaban J connectivity index is 0. The van der Waals surface area contributed by atoms with E-state index in [-0.39, 0.29) is 94.0 Å². The molecular formula is C91H146N12O28S11. The molecule has 4 aromatic rings. The predicted molar refractivity (Wildman–Crippen MR) is 565 cm³/mol. The van der Waals surface area contributed by atoms with Gasteiger partial charge in [0.25, 0.3) is 23.6 Å². The number of carboxylic acid groups (broad SMARTS) is 2. The number of hydrogen-bond acceptors (Lipinski definition) is 43. The van der Waals surface area contributed by atoms with Gasteiger partial charge >= 0.3 is 23.9 Å². The van der Waals surface area contributed by atoms with Crippen LogP contribution in [-0.4, -0.2) is 336 Å². The van der Waals surface area contributed by atoms with Gasteiger partial charge in [-0.3, -0.25) is 57.5 Å². The van der Waals surface area contributed by atoms with E-state index in [0.29, 0.717) is 237 Å². The Morgan fingerprint density at radius 2 is 0.620 bits per heavy atom. The van der Waals surface area contributed by atoms with Gasteiger partial charge in [-0.25, -0.2) is 29.5 Å². The Bertz CT molecular complexity index is 3860. The minimum Gasteiger partial charge on any atom is -0.481 e. The number of aromatic nitrogens is 4. The van der Waals surface area contributed by atoms with Crippen molar-refractivity contribution >= 4 is 203 Å². The van der Waals surface area contributed by atoms with E-state index >= 15 is 0 Å². The first kappa shape index (κ1) is 137. The molecule has 0 atom stereocenters. The zero-order valence-electron chi connectivity index (χ0n) is 81.9. The summed E-state index contributed by atoms with van der Waals surface area (Å²) in [6, 6.07) is 22.8. The lowest BCUT2D eigenvalue weighted by Gasteiger charge is -2.12. The highest BCUT2D eigenvalue weighted by Crippen LogP contribution is 2.33. The molecule has 2 saturated heterocycles. The highest BCUT2D eigenvalue weighted by Gasteiger charge is 2.34. The SMILES string of the molecule is CCS.CCSSCCC(=O)CCCOCCOCCCC(=O)NC.CN.CNC(=O)CCCOCCOCCCC(=O)CCSSc1ccccn1.NCCOCCOCCCC(=O)O.O=C(CCSSc1ccccn1)NCCOCCOCCC(=O)ON1C(=O)CCC1=O.O=C(CCSSc1ccccn1)ON1C(=O)CCC1=O.O=C(O)CCCOCCOCCNC(=O)CCSSc1ccccn1. The van der Waals surface area contributed by atoms with Crippen LogP contribution in [0.5, 0.6) is 0 Å². The van der Waals surface area contributed by atoms with Crippen molar-refractivity contribution in [2.45, 2.75) is 175 Å². The molecule has 40 nitrogen and oxygen atoms in total. The predicted octanol–water partition coefficient (Wildman–Crippen LogP) is 11.6. The summed E-state index contributed by atoms with van der Waals surface area (Å²) in [6.07, 6.45) is 15.9. The van der Waals surface area contributed by atoms with Crippen LogP contribution in [0.3, 0.4) is 0 Å². The van der Waals surface area contributed by atoms with E-state index in [1.807, 2.05) is 79.7 Å². The van der Waals surface area contributed by atoms with Crippen molar-refractivity contribution in [1.82, 2.24) is 51.3 Å². The van der Waals surface area contributed by atoms with Crippen LogP contribution in [0.25, 0.3) is 0 Å².